The highest BCUT2D eigenvalue weighted by Gasteiger charge is 2.24. The second-order valence-electron chi connectivity index (χ2n) is 5.65. The molecule has 1 fully saturated rings. The molecule has 1 aromatic carbocycles. The summed E-state index contributed by atoms with van der Waals surface area (Å²) in [7, 11) is 0. The van der Waals surface area contributed by atoms with E-state index in [1.54, 1.807) is 6.92 Å². The van der Waals surface area contributed by atoms with E-state index >= 15 is 0 Å². The fraction of sp³-hybridized carbons (Fsp3) is 0.476. The van der Waals surface area contributed by atoms with E-state index in [0.717, 1.165) is 17.1 Å². The molecule has 7 heteroatoms. The molecule has 1 atom stereocenters. The van der Waals surface area contributed by atoms with Gasteiger partial charge in [-0.2, -0.15) is 0 Å². The highest BCUT2D eigenvalue weighted by molar-refractivity contribution is 5.83. The van der Waals surface area contributed by atoms with E-state index in [1.165, 1.54) is 6.92 Å². The molecule has 0 aromatic heterocycles. The molecule has 156 valence electrons. The predicted octanol–water partition coefficient (Wildman–Crippen LogP) is 3.76. The quantitative estimate of drug-likeness (QED) is 0.814. The van der Waals surface area contributed by atoms with Crippen LogP contribution in [0.15, 0.2) is 30.5 Å². The number of ether oxygens (including phenoxy) is 2. The molecule has 2 amide bonds. The summed E-state index contributed by atoms with van der Waals surface area (Å²) in [5.41, 5.74) is 1.54. The lowest BCUT2D eigenvalue weighted by Crippen LogP contribution is -2.27. The number of urea groups is 1. The smallest absolute Gasteiger partial charge is 0.319 e. The first-order valence-electron chi connectivity index (χ1n) is 9.49. The van der Waals surface area contributed by atoms with Gasteiger partial charge in [-0.3, -0.25) is 9.59 Å². The van der Waals surface area contributed by atoms with Crippen molar-refractivity contribution in [3.05, 3.63) is 36.0 Å². The minimum absolute atomic E-state index is 0.0418. The maximum absolute atomic E-state index is 10.8. The first-order valence-corrected chi connectivity index (χ1v) is 9.49. The third kappa shape index (κ3) is 8.70. The molecule has 7 nitrogen and oxygen atoms in total. The lowest BCUT2D eigenvalue weighted by molar-refractivity contribution is -0.117. The Morgan fingerprint density at radius 3 is 2.18 bits per heavy atom. The first kappa shape index (κ1) is 25.2. The van der Waals surface area contributed by atoms with Crippen LogP contribution in [0, 0.1) is 0 Å². The van der Waals surface area contributed by atoms with E-state index in [2.05, 4.69) is 17.2 Å². The normalized spacial score (nSPS) is 15.4. The van der Waals surface area contributed by atoms with Gasteiger partial charge in [-0.25, -0.2) is 4.79 Å². The minimum Gasteiger partial charge on any atom is -0.454 e. The number of benzene rings is 1. The fourth-order valence-electron chi connectivity index (χ4n) is 2.31. The Labute approximate surface area is 167 Å². The molecular formula is C21H32N2O5. The van der Waals surface area contributed by atoms with Crippen LogP contribution >= 0.6 is 0 Å². The summed E-state index contributed by atoms with van der Waals surface area (Å²) in [6.07, 6.45) is 0.772. The zero-order valence-electron chi connectivity index (χ0n) is 17.7. The zero-order chi connectivity index (χ0) is 21.7. The van der Waals surface area contributed by atoms with Crippen LogP contribution in [0.5, 0.6) is 11.5 Å². The zero-order valence-corrected chi connectivity index (χ0v) is 17.7. The number of fused-ring (bicyclic) bond motifs is 1. The summed E-state index contributed by atoms with van der Waals surface area (Å²) in [4.78, 5) is 32.1. The highest BCUT2D eigenvalue weighted by Crippen LogP contribution is 2.32. The van der Waals surface area contributed by atoms with Gasteiger partial charge in [-0.15, -0.1) is 0 Å². The first-order chi connectivity index (χ1) is 13.3. The van der Waals surface area contributed by atoms with Crippen LogP contribution in [-0.2, 0) is 16.0 Å². The number of ketones is 2. The van der Waals surface area contributed by atoms with Gasteiger partial charge in [-0.05, 0) is 31.5 Å². The average Bonchev–Trinajstić information content (AvgIpc) is 3.23. The SMILES string of the molecule is C=C1NC(=O)NC1CC(C)=O.CC.CC.CC(=O)Cc1ccc2c(c1)OCO2. The van der Waals surface area contributed by atoms with Crippen molar-refractivity contribution >= 4 is 17.6 Å². The third-order valence-corrected chi connectivity index (χ3v) is 3.38. The van der Waals surface area contributed by atoms with Gasteiger partial charge in [-0.1, -0.05) is 40.3 Å². The molecule has 1 saturated heterocycles. The molecule has 1 aromatic rings. The number of nitrogens with one attached hydrogen (secondary N) is 2. The fourth-order valence-corrected chi connectivity index (χ4v) is 2.31. The van der Waals surface area contributed by atoms with E-state index in [-0.39, 0.29) is 30.4 Å². The number of hydrogen-bond donors (Lipinski definition) is 2. The van der Waals surface area contributed by atoms with Gasteiger partial charge in [0.05, 0.1) is 6.04 Å². The standard InChI is InChI=1S/C10H10O3.C7H10N2O2.2C2H6/c1-7(11)4-8-2-3-9-10(5-8)13-6-12-9;1-4(10)3-6-5(2)8-7(11)9-6;2*1-2/h2-3,5H,4,6H2,1H3;6H,2-3H2,1H3,(H2,8,9,11);2*1-2H3. The van der Waals surface area contributed by atoms with E-state index < -0.39 is 0 Å². The summed E-state index contributed by atoms with van der Waals surface area (Å²) in [6.45, 7) is 14.9. The lowest BCUT2D eigenvalue weighted by Gasteiger charge is -2.05. The van der Waals surface area contributed by atoms with Crippen molar-refractivity contribution in [3.8, 4) is 11.5 Å². The average molecular weight is 392 g/mol. The van der Waals surface area contributed by atoms with E-state index in [9.17, 15) is 14.4 Å². The van der Waals surface area contributed by atoms with Gasteiger partial charge in [0.1, 0.15) is 11.6 Å². The molecule has 2 heterocycles. The van der Waals surface area contributed by atoms with Crippen molar-refractivity contribution in [2.45, 2.75) is 60.4 Å². The van der Waals surface area contributed by atoms with Crippen molar-refractivity contribution in [2.24, 2.45) is 0 Å². The van der Waals surface area contributed by atoms with Crippen LogP contribution in [-0.4, -0.2) is 30.4 Å². The van der Waals surface area contributed by atoms with Gasteiger partial charge >= 0.3 is 6.03 Å². The van der Waals surface area contributed by atoms with Crippen LogP contribution in [0.25, 0.3) is 0 Å². The van der Waals surface area contributed by atoms with Crippen molar-refractivity contribution in [2.75, 3.05) is 6.79 Å². The number of hydrogen-bond acceptors (Lipinski definition) is 5. The Kier molecular flexibility index (Phi) is 12.0. The van der Waals surface area contributed by atoms with Crippen molar-refractivity contribution < 1.29 is 23.9 Å². The lowest BCUT2D eigenvalue weighted by atomic mass is 10.1. The summed E-state index contributed by atoms with van der Waals surface area (Å²) in [5.74, 6) is 1.69. The maximum atomic E-state index is 10.8. The molecule has 1 unspecified atom stereocenters. The number of carbonyl (C=O) groups excluding carboxylic acids is 3. The largest absolute Gasteiger partial charge is 0.454 e. The predicted molar refractivity (Wildman–Crippen MR) is 110 cm³/mol. The Morgan fingerprint density at radius 1 is 1.07 bits per heavy atom. The molecule has 3 rings (SSSR count). The molecule has 0 aliphatic carbocycles. The monoisotopic (exact) mass is 392 g/mol. The van der Waals surface area contributed by atoms with Gasteiger partial charge in [0.15, 0.2) is 11.5 Å². The Hall–Kier alpha value is -2.83. The number of amides is 2. The molecule has 2 aliphatic heterocycles. The second-order valence-corrected chi connectivity index (χ2v) is 5.65. The van der Waals surface area contributed by atoms with E-state index in [0.29, 0.717) is 18.5 Å². The van der Waals surface area contributed by atoms with Crippen molar-refractivity contribution in [1.29, 1.82) is 0 Å². The molecule has 0 radical (unpaired) electrons. The van der Waals surface area contributed by atoms with E-state index in [4.69, 9.17) is 9.47 Å². The van der Waals surface area contributed by atoms with Crippen LogP contribution in [0.4, 0.5) is 4.79 Å². The van der Waals surface area contributed by atoms with Gasteiger partial charge < -0.3 is 20.1 Å². The highest BCUT2D eigenvalue weighted by atomic mass is 16.7. The van der Waals surface area contributed by atoms with Crippen LogP contribution < -0.4 is 20.1 Å². The van der Waals surface area contributed by atoms with Gasteiger partial charge in [0, 0.05) is 18.5 Å². The number of carbonyl (C=O) groups is 3. The van der Waals surface area contributed by atoms with Gasteiger partial charge in [0.2, 0.25) is 6.79 Å². The number of Topliss-reactive ketones (excluding diaryl/α,β-unsaturated/α-hetero) is 2. The van der Waals surface area contributed by atoms with Crippen molar-refractivity contribution in [1.82, 2.24) is 10.6 Å². The molecule has 0 saturated carbocycles. The molecular weight excluding hydrogens is 360 g/mol. The summed E-state index contributed by atoms with van der Waals surface area (Å²) in [6, 6.07) is 5.07. The second kappa shape index (κ2) is 13.4. The minimum atomic E-state index is -0.277. The number of rotatable bonds is 4. The Balaban J connectivity index is 0.000000447. The third-order valence-electron chi connectivity index (χ3n) is 3.38. The molecule has 28 heavy (non-hydrogen) atoms. The molecule has 0 spiro atoms. The maximum Gasteiger partial charge on any atom is 0.319 e. The Morgan fingerprint density at radius 2 is 1.68 bits per heavy atom. The van der Waals surface area contributed by atoms with Crippen LogP contribution in [0.3, 0.4) is 0 Å². The van der Waals surface area contributed by atoms with Crippen LogP contribution in [0.1, 0.15) is 53.5 Å². The summed E-state index contributed by atoms with van der Waals surface area (Å²) < 4.78 is 10.3. The molecule has 0 bridgehead atoms. The van der Waals surface area contributed by atoms with Gasteiger partial charge in [0.25, 0.3) is 0 Å². The van der Waals surface area contributed by atoms with E-state index in [1.807, 2.05) is 45.9 Å². The van der Waals surface area contributed by atoms with Crippen molar-refractivity contribution in [3.63, 3.8) is 0 Å². The summed E-state index contributed by atoms with van der Waals surface area (Å²) in [5, 5.41) is 5.04. The molecule has 2 aliphatic rings. The van der Waals surface area contributed by atoms with Crippen LogP contribution in [0.2, 0.25) is 0 Å². The summed E-state index contributed by atoms with van der Waals surface area (Å²) >= 11 is 0. The Bertz CT molecular complexity index is 685. The molecule has 2 N–H and O–H groups in total. The topological polar surface area (TPSA) is 93.7 Å².